The van der Waals surface area contributed by atoms with Crippen molar-refractivity contribution < 1.29 is 8.42 Å². The number of imidazole rings is 1. The molecule has 6 nitrogen and oxygen atoms in total. The Morgan fingerprint density at radius 2 is 2.21 bits per heavy atom. The summed E-state index contributed by atoms with van der Waals surface area (Å²) in [5, 5.41) is 0.0830. The van der Waals surface area contributed by atoms with Gasteiger partial charge in [0.05, 0.1) is 6.33 Å². The molecule has 1 saturated heterocycles. The van der Waals surface area contributed by atoms with Crippen molar-refractivity contribution >= 4 is 10.0 Å². The van der Waals surface area contributed by atoms with Crippen molar-refractivity contribution in [1.29, 1.82) is 0 Å². The fourth-order valence-electron chi connectivity index (χ4n) is 3.12. The highest BCUT2D eigenvalue weighted by molar-refractivity contribution is 7.89. The maximum Gasteiger partial charge on any atom is 0.259 e. The van der Waals surface area contributed by atoms with Gasteiger partial charge in [-0.3, -0.25) is 4.90 Å². The van der Waals surface area contributed by atoms with Crippen molar-refractivity contribution in [1.82, 2.24) is 19.2 Å². The van der Waals surface area contributed by atoms with Crippen LogP contribution in [0.15, 0.2) is 41.8 Å². The molecule has 1 fully saturated rings. The van der Waals surface area contributed by atoms with E-state index in [-0.39, 0.29) is 5.03 Å². The molecule has 1 atom stereocenters. The van der Waals surface area contributed by atoms with E-state index in [1.807, 2.05) is 0 Å². The third kappa shape index (κ3) is 4.23. The highest BCUT2D eigenvalue weighted by Crippen LogP contribution is 2.19. The number of nitrogens with zero attached hydrogens (tertiary/aromatic N) is 3. The van der Waals surface area contributed by atoms with Gasteiger partial charge in [0.2, 0.25) is 0 Å². The van der Waals surface area contributed by atoms with E-state index in [1.165, 1.54) is 23.7 Å². The molecule has 0 bridgehead atoms. The summed E-state index contributed by atoms with van der Waals surface area (Å²) >= 11 is 0. The SMILES string of the molecule is Cc1cccc(CN2CC[C@H](CNS(=O)(=O)c3cn(C)cn3)C2)c1. The van der Waals surface area contributed by atoms with Crippen LogP contribution in [0.25, 0.3) is 0 Å². The number of rotatable bonds is 6. The number of hydrogen-bond acceptors (Lipinski definition) is 4. The summed E-state index contributed by atoms with van der Waals surface area (Å²) in [5.74, 6) is 0.341. The molecule has 24 heavy (non-hydrogen) atoms. The molecule has 0 radical (unpaired) electrons. The number of aryl methyl sites for hydroxylation is 2. The molecule has 7 heteroatoms. The maximum atomic E-state index is 12.2. The van der Waals surface area contributed by atoms with E-state index in [2.05, 4.69) is 45.8 Å². The summed E-state index contributed by atoms with van der Waals surface area (Å²) in [7, 11) is -1.75. The minimum Gasteiger partial charge on any atom is -0.339 e. The molecule has 0 spiro atoms. The van der Waals surface area contributed by atoms with Gasteiger partial charge in [-0.2, -0.15) is 0 Å². The number of aromatic nitrogens is 2. The van der Waals surface area contributed by atoms with Crippen LogP contribution in [0.1, 0.15) is 17.5 Å². The molecule has 0 aliphatic carbocycles. The van der Waals surface area contributed by atoms with E-state index in [0.717, 1.165) is 26.1 Å². The van der Waals surface area contributed by atoms with Gasteiger partial charge in [0.1, 0.15) is 0 Å². The Hall–Kier alpha value is -1.70. The first-order chi connectivity index (χ1) is 11.4. The average Bonchev–Trinajstić information content (AvgIpc) is 3.15. The average molecular weight is 348 g/mol. The second-order valence-corrected chi connectivity index (χ2v) is 8.32. The summed E-state index contributed by atoms with van der Waals surface area (Å²) in [6.45, 7) is 5.40. The van der Waals surface area contributed by atoms with Crippen LogP contribution in [0.4, 0.5) is 0 Å². The quantitative estimate of drug-likeness (QED) is 0.860. The van der Waals surface area contributed by atoms with Gasteiger partial charge in [-0.1, -0.05) is 29.8 Å². The van der Waals surface area contributed by atoms with Crippen molar-refractivity contribution in [3.8, 4) is 0 Å². The molecule has 2 aromatic rings. The van der Waals surface area contributed by atoms with Gasteiger partial charge in [0, 0.05) is 32.9 Å². The first-order valence-corrected chi connectivity index (χ1v) is 9.66. The molecule has 1 N–H and O–H groups in total. The molecule has 1 aromatic carbocycles. The summed E-state index contributed by atoms with van der Waals surface area (Å²) in [5.41, 5.74) is 2.58. The number of benzene rings is 1. The molecule has 1 aromatic heterocycles. The third-order valence-corrected chi connectivity index (χ3v) is 5.69. The van der Waals surface area contributed by atoms with Crippen LogP contribution >= 0.6 is 0 Å². The number of sulfonamides is 1. The second kappa shape index (κ2) is 7.04. The molecular formula is C17H24N4O2S. The van der Waals surface area contributed by atoms with E-state index in [9.17, 15) is 8.42 Å². The summed E-state index contributed by atoms with van der Waals surface area (Å²) < 4.78 is 28.7. The minimum atomic E-state index is -3.51. The van der Waals surface area contributed by atoms with Gasteiger partial charge in [0.25, 0.3) is 10.0 Å². The molecule has 1 aliphatic rings. The van der Waals surface area contributed by atoms with Crippen molar-refractivity contribution in [2.24, 2.45) is 13.0 Å². The monoisotopic (exact) mass is 348 g/mol. The molecule has 1 aliphatic heterocycles. The normalized spacial score (nSPS) is 19.0. The van der Waals surface area contributed by atoms with E-state index < -0.39 is 10.0 Å². The lowest BCUT2D eigenvalue weighted by molar-refractivity contribution is 0.316. The van der Waals surface area contributed by atoms with Crippen molar-refractivity contribution in [3.05, 3.63) is 47.9 Å². The molecule has 0 saturated carbocycles. The molecule has 0 amide bonds. The van der Waals surface area contributed by atoms with Gasteiger partial charge < -0.3 is 4.57 Å². The van der Waals surface area contributed by atoms with Crippen LogP contribution in [-0.2, 0) is 23.6 Å². The van der Waals surface area contributed by atoms with Gasteiger partial charge in [0.15, 0.2) is 5.03 Å². The van der Waals surface area contributed by atoms with Gasteiger partial charge >= 0.3 is 0 Å². The fraction of sp³-hybridized carbons (Fsp3) is 0.471. The first-order valence-electron chi connectivity index (χ1n) is 8.18. The number of likely N-dealkylation sites (tertiary alicyclic amines) is 1. The van der Waals surface area contributed by atoms with Crippen LogP contribution in [0.2, 0.25) is 0 Å². The summed E-state index contributed by atoms with van der Waals surface area (Å²) in [6, 6.07) is 8.53. The molecular weight excluding hydrogens is 324 g/mol. The topological polar surface area (TPSA) is 67.2 Å². The summed E-state index contributed by atoms with van der Waals surface area (Å²) in [6.07, 6.45) is 4.02. The number of hydrogen-bond donors (Lipinski definition) is 1. The Balaban J connectivity index is 1.51. The highest BCUT2D eigenvalue weighted by Gasteiger charge is 2.25. The van der Waals surface area contributed by atoms with Gasteiger partial charge in [-0.15, -0.1) is 0 Å². The Morgan fingerprint density at radius 1 is 1.38 bits per heavy atom. The predicted molar refractivity (Wildman–Crippen MR) is 93.0 cm³/mol. The standard InChI is InChI=1S/C17H24N4O2S/c1-14-4-3-5-15(8-14)10-21-7-6-16(11-21)9-19-24(22,23)17-12-20(2)13-18-17/h3-5,8,12-13,16,19H,6-7,9-11H2,1-2H3/t16-/m1/s1. The third-order valence-electron chi connectivity index (χ3n) is 4.38. The molecule has 0 unspecified atom stereocenters. The molecule has 3 rings (SSSR count). The predicted octanol–water partition coefficient (Wildman–Crippen LogP) is 1.53. The fourth-order valence-corrected chi connectivity index (χ4v) is 4.21. The Labute approximate surface area is 143 Å². The van der Waals surface area contributed by atoms with Gasteiger partial charge in [-0.05, 0) is 31.4 Å². The number of nitrogens with one attached hydrogen (secondary N) is 1. The van der Waals surface area contributed by atoms with Crippen molar-refractivity contribution in [2.75, 3.05) is 19.6 Å². The zero-order valence-electron chi connectivity index (χ0n) is 14.1. The Morgan fingerprint density at radius 3 is 2.92 bits per heavy atom. The van der Waals surface area contributed by atoms with Crippen LogP contribution in [0.3, 0.4) is 0 Å². The maximum absolute atomic E-state index is 12.2. The lowest BCUT2D eigenvalue weighted by Crippen LogP contribution is -2.31. The van der Waals surface area contributed by atoms with Crippen molar-refractivity contribution in [3.63, 3.8) is 0 Å². The van der Waals surface area contributed by atoms with Crippen LogP contribution in [0, 0.1) is 12.8 Å². The first kappa shape index (κ1) is 17.1. The van der Waals surface area contributed by atoms with Gasteiger partial charge in [-0.25, -0.2) is 18.1 Å². The largest absolute Gasteiger partial charge is 0.339 e. The Kier molecular flexibility index (Phi) is 5.03. The van der Waals surface area contributed by atoms with E-state index in [4.69, 9.17) is 0 Å². The smallest absolute Gasteiger partial charge is 0.259 e. The Bertz CT molecular complexity index is 800. The van der Waals surface area contributed by atoms with Crippen molar-refractivity contribution in [2.45, 2.75) is 24.9 Å². The molecule has 130 valence electrons. The highest BCUT2D eigenvalue weighted by atomic mass is 32.2. The van der Waals surface area contributed by atoms with E-state index >= 15 is 0 Å². The zero-order valence-corrected chi connectivity index (χ0v) is 15.0. The summed E-state index contributed by atoms with van der Waals surface area (Å²) in [4.78, 5) is 6.30. The van der Waals surface area contributed by atoms with Crippen LogP contribution in [-0.4, -0.2) is 42.5 Å². The lowest BCUT2D eigenvalue weighted by atomic mass is 10.1. The molecule has 2 heterocycles. The lowest BCUT2D eigenvalue weighted by Gasteiger charge is -2.16. The van der Waals surface area contributed by atoms with E-state index in [1.54, 1.807) is 11.6 Å². The zero-order chi connectivity index (χ0) is 17.2. The van der Waals surface area contributed by atoms with E-state index in [0.29, 0.717) is 12.5 Å². The minimum absolute atomic E-state index is 0.0830. The second-order valence-electron chi connectivity index (χ2n) is 6.61. The van der Waals surface area contributed by atoms with Crippen LogP contribution < -0.4 is 4.72 Å². The van der Waals surface area contributed by atoms with Crippen LogP contribution in [0.5, 0.6) is 0 Å².